The molecule has 1 rings (SSSR count). The zero-order valence-corrected chi connectivity index (χ0v) is 13.9. The maximum atomic E-state index is 11.9. The molecular weight excluding hydrogens is 264 g/mol. The molecule has 0 fully saturated rings. The van der Waals surface area contributed by atoms with Crippen LogP contribution in [0.25, 0.3) is 0 Å². The number of nitrogens with zero attached hydrogens (tertiary/aromatic N) is 1. The van der Waals surface area contributed by atoms with Crippen molar-refractivity contribution in [3.8, 4) is 0 Å². The Hall–Kier alpha value is -1.84. The largest absolute Gasteiger partial charge is 0.351 e. The Morgan fingerprint density at radius 3 is 2.29 bits per heavy atom. The van der Waals surface area contributed by atoms with Crippen LogP contribution in [-0.2, 0) is 9.59 Å². The van der Waals surface area contributed by atoms with E-state index in [4.69, 9.17) is 0 Å². The molecule has 0 aromatic heterocycles. The second-order valence-electron chi connectivity index (χ2n) is 6.51. The molecule has 0 heterocycles. The van der Waals surface area contributed by atoms with Gasteiger partial charge in [0.15, 0.2) is 0 Å². The van der Waals surface area contributed by atoms with Gasteiger partial charge in [-0.1, -0.05) is 17.7 Å². The summed E-state index contributed by atoms with van der Waals surface area (Å²) in [5.74, 6) is -0.0935. The first kappa shape index (κ1) is 17.2. The Balaban J connectivity index is 2.80. The number of hydrogen-bond donors (Lipinski definition) is 1. The minimum atomic E-state index is -0.252. The Labute approximate surface area is 127 Å². The van der Waals surface area contributed by atoms with E-state index in [-0.39, 0.29) is 17.4 Å². The summed E-state index contributed by atoms with van der Waals surface area (Å²) in [5, 5.41) is 2.91. The number of nitrogens with one attached hydrogen (secondary N) is 1. The van der Waals surface area contributed by atoms with Crippen molar-refractivity contribution in [1.29, 1.82) is 0 Å². The number of amides is 2. The first-order valence-electron chi connectivity index (χ1n) is 7.26. The summed E-state index contributed by atoms with van der Waals surface area (Å²) in [6, 6.07) is 5.96. The number of carbonyl (C=O) groups excluding carboxylic acids is 2. The number of anilines is 1. The molecule has 1 aromatic carbocycles. The maximum absolute atomic E-state index is 11.9. The fraction of sp³-hybridized carbons (Fsp3) is 0.529. The first-order chi connectivity index (χ1) is 9.60. The lowest BCUT2D eigenvalue weighted by Crippen LogP contribution is -2.42. The molecule has 4 nitrogen and oxygen atoms in total. The van der Waals surface area contributed by atoms with E-state index in [0.717, 1.165) is 16.8 Å². The van der Waals surface area contributed by atoms with Crippen LogP contribution in [0.4, 0.5) is 5.69 Å². The maximum Gasteiger partial charge on any atom is 0.223 e. The molecule has 0 aliphatic rings. The third-order valence-corrected chi connectivity index (χ3v) is 3.10. The van der Waals surface area contributed by atoms with Crippen molar-refractivity contribution in [2.75, 3.05) is 11.4 Å². The Bertz CT molecular complexity index is 530. The number of benzene rings is 1. The Morgan fingerprint density at radius 2 is 1.81 bits per heavy atom. The zero-order valence-electron chi connectivity index (χ0n) is 13.9. The van der Waals surface area contributed by atoms with Gasteiger partial charge in [0.25, 0.3) is 0 Å². The van der Waals surface area contributed by atoms with Crippen LogP contribution in [0.5, 0.6) is 0 Å². The molecule has 0 radical (unpaired) electrons. The molecular formula is C17H26N2O2. The lowest BCUT2D eigenvalue weighted by molar-refractivity contribution is -0.122. The highest BCUT2D eigenvalue weighted by Gasteiger charge is 2.18. The Morgan fingerprint density at radius 1 is 1.19 bits per heavy atom. The van der Waals surface area contributed by atoms with Gasteiger partial charge in [-0.25, -0.2) is 0 Å². The third kappa shape index (κ3) is 5.58. The van der Waals surface area contributed by atoms with E-state index in [0.29, 0.717) is 13.0 Å². The van der Waals surface area contributed by atoms with Gasteiger partial charge < -0.3 is 10.2 Å². The van der Waals surface area contributed by atoms with Crippen molar-refractivity contribution < 1.29 is 9.59 Å². The molecule has 1 aromatic rings. The van der Waals surface area contributed by atoms with Gasteiger partial charge in [-0.15, -0.1) is 0 Å². The summed E-state index contributed by atoms with van der Waals surface area (Å²) in [5.41, 5.74) is 2.82. The summed E-state index contributed by atoms with van der Waals surface area (Å²) in [7, 11) is 0. The van der Waals surface area contributed by atoms with Crippen LogP contribution >= 0.6 is 0 Å². The van der Waals surface area contributed by atoms with E-state index in [1.165, 1.54) is 6.92 Å². The highest BCUT2D eigenvalue weighted by molar-refractivity contribution is 5.93. The molecule has 4 heteroatoms. The zero-order chi connectivity index (χ0) is 16.2. The standard InChI is InChI=1S/C17H26N2O2/c1-12-7-8-15(13(2)11-12)19(14(3)20)10-9-16(21)18-17(4,5)6/h7-8,11H,9-10H2,1-6H3,(H,18,21). The van der Waals surface area contributed by atoms with E-state index in [1.54, 1.807) is 4.90 Å². The number of carbonyl (C=O) groups is 2. The molecule has 1 N–H and O–H groups in total. The summed E-state index contributed by atoms with van der Waals surface area (Å²) in [6.45, 7) is 11.7. The number of aryl methyl sites for hydroxylation is 2. The van der Waals surface area contributed by atoms with Crippen LogP contribution in [-0.4, -0.2) is 23.9 Å². The summed E-state index contributed by atoms with van der Waals surface area (Å²) < 4.78 is 0. The van der Waals surface area contributed by atoms with Gasteiger partial charge >= 0.3 is 0 Å². The van der Waals surface area contributed by atoms with Gasteiger partial charge in [0, 0.05) is 31.1 Å². The van der Waals surface area contributed by atoms with Crippen molar-refractivity contribution in [3.63, 3.8) is 0 Å². The first-order valence-corrected chi connectivity index (χ1v) is 7.26. The van der Waals surface area contributed by atoms with E-state index in [1.807, 2.05) is 52.8 Å². The predicted octanol–water partition coefficient (Wildman–Crippen LogP) is 2.96. The number of rotatable bonds is 4. The summed E-state index contributed by atoms with van der Waals surface area (Å²) in [4.78, 5) is 25.4. The third-order valence-electron chi connectivity index (χ3n) is 3.10. The molecule has 2 amide bonds. The van der Waals surface area contributed by atoms with Crippen molar-refractivity contribution in [1.82, 2.24) is 5.32 Å². The molecule has 0 atom stereocenters. The molecule has 116 valence electrons. The lowest BCUT2D eigenvalue weighted by atomic mass is 10.1. The molecule has 0 aliphatic carbocycles. The Kier molecular flexibility index (Phi) is 5.53. The van der Waals surface area contributed by atoms with E-state index < -0.39 is 0 Å². The molecule has 0 spiro atoms. The SMILES string of the molecule is CC(=O)N(CCC(=O)NC(C)(C)C)c1ccc(C)cc1C. The monoisotopic (exact) mass is 290 g/mol. The van der Waals surface area contributed by atoms with Crippen LogP contribution in [0.2, 0.25) is 0 Å². The van der Waals surface area contributed by atoms with Crippen molar-refractivity contribution in [3.05, 3.63) is 29.3 Å². The highest BCUT2D eigenvalue weighted by atomic mass is 16.2. The second-order valence-corrected chi connectivity index (χ2v) is 6.51. The molecule has 21 heavy (non-hydrogen) atoms. The van der Waals surface area contributed by atoms with Crippen LogP contribution in [0, 0.1) is 13.8 Å². The second kappa shape index (κ2) is 6.74. The average Bonchev–Trinajstić information content (AvgIpc) is 2.29. The highest BCUT2D eigenvalue weighted by Crippen LogP contribution is 2.21. The van der Waals surface area contributed by atoms with Gasteiger partial charge in [0.1, 0.15) is 0 Å². The smallest absolute Gasteiger partial charge is 0.223 e. The topological polar surface area (TPSA) is 49.4 Å². The minimum Gasteiger partial charge on any atom is -0.351 e. The van der Waals surface area contributed by atoms with Crippen LogP contribution in [0.15, 0.2) is 18.2 Å². The van der Waals surface area contributed by atoms with E-state index in [2.05, 4.69) is 5.32 Å². The van der Waals surface area contributed by atoms with Crippen LogP contribution in [0.3, 0.4) is 0 Å². The van der Waals surface area contributed by atoms with Gasteiger partial charge in [-0.2, -0.15) is 0 Å². The molecule has 0 unspecified atom stereocenters. The van der Waals surface area contributed by atoms with Crippen molar-refractivity contribution in [2.24, 2.45) is 0 Å². The van der Waals surface area contributed by atoms with Crippen molar-refractivity contribution in [2.45, 2.75) is 53.5 Å². The molecule has 0 saturated heterocycles. The van der Waals surface area contributed by atoms with Gasteiger partial charge in [0.05, 0.1) is 0 Å². The van der Waals surface area contributed by atoms with Crippen LogP contribution in [0.1, 0.15) is 45.2 Å². The minimum absolute atomic E-state index is 0.0430. The van der Waals surface area contributed by atoms with Gasteiger partial charge in [-0.05, 0) is 46.2 Å². The van der Waals surface area contributed by atoms with Crippen LogP contribution < -0.4 is 10.2 Å². The number of hydrogen-bond acceptors (Lipinski definition) is 2. The van der Waals surface area contributed by atoms with Gasteiger partial charge in [-0.3, -0.25) is 9.59 Å². The normalized spacial score (nSPS) is 11.1. The average molecular weight is 290 g/mol. The van der Waals surface area contributed by atoms with Gasteiger partial charge in [0.2, 0.25) is 11.8 Å². The molecule has 0 bridgehead atoms. The lowest BCUT2D eigenvalue weighted by Gasteiger charge is -2.25. The molecule has 0 saturated carbocycles. The molecule has 0 aliphatic heterocycles. The van der Waals surface area contributed by atoms with Crippen molar-refractivity contribution >= 4 is 17.5 Å². The van der Waals surface area contributed by atoms with E-state index >= 15 is 0 Å². The summed E-state index contributed by atoms with van der Waals surface area (Å²) >= 11 is 0. The predicted molar refractivity (Wildman–Crippen MR) is 86.5 cm³/mol. The van der Waals surface area contributed by atoms with E-state index in [9.17, 15) is 9.59 Å². The summed E-state index contributed by atoms with van der Waals surface area (Å²) in [6.07, 6.45) is 0.296. The quantitative estimate of drug-likeness (QED) is 0.927. The fourth-order valence-electron chi connectivity index (χ4n) is 2.25. The fourth-order valence-corrected chi connectivity index (χ4v) is 2.25.